The van der Waals surface area contributed by atoms with E-state index in [9.17, 15) is 10.1 Å². The van der Waals surface area contributed by atoms with Gasteiger partial charge >= 0.3 is 6.09 Å². The fourth-order valence-corrected chi connectivity index (χ4v) is 3.74. The van der Waals surface area contributed by atoms with Crippen molar-refractivity contribution >= 4 is 23.5 Å². The van der Waals surface area contributed by atoms with Crippen LogP contribution in [0, 0.1) is 16.7 Å². The van der Waals surface area contributed by atoms with Gasteiger partial charge in [-0.05, 0) is 19.1 Å². The number of methoxy groups -OCH3 is 1. The molecule has 1 unspecified atom stereocenters. The van der Waals surface area contributed by atoms with Crippen molar-refractivity contribution in [3.8, 4) is 11.8 Å². The topological polar surface area (TPSA) is 62.6 Å². The van der Waals surface area contributed by atoms with E-state index in [1.165, 1.54) is 23.8 Å². The molecule has 2 heterocycles. The van der Waals surface area contributed by atoms with Crippen LogP contribution in [0.3, 0.4) is 0 Å². The van der Waals surface area contributed by atoms with Gasteiger partial charge in [0.2, 0.25) is 0 Å². The molecule has 19 heavy (non-hydrogen) atoms. The zero-order valence-electron chi connectivity index (χ0n) is 10.5. The van der Waals surface area contributed by atoms with Gasteiger partial charge in [-0.2, -0.15) is 5.26 Å². The molecule has 5 nitrogen and oxygen atoms in total. The molecule has 3 rings (SSSR count). The fourth-order valence-electron chi connectivity index (χ4n) is 2.36. The lowest BCUT2D eigenvalue weighted by atomic mass is 9.90. The van der Waals surface area contributed by atoms with Crippen molar-refractivity contribution in [1.82, 2.24) is 0 Å². The van der Waals surface area contributed by atoms with Crippen LogP contribution in [-0.4, -0.2) is 24.0 Å². The fraction of sp³-hybridized carbons (Fsp3) is 0.385. The predicted molar refractivity (Wildman–Crippen MR) is 70.9 cm³/mol. The lowest BCUT2D eigenvalue weighted by molar-refractivity contribution is 0.0691. The Morgan fingerprint density at radius 3 is 2.89 bits per heavy atom. The molecule has 6 heteroatoms. The first kappa shape index (κ1) is 12.2. The Balaban J connectivity index is 2.14. The van der Waals surface area contributed by atoms with Crippen LogP contribution in [0.2, 0.25) is 0 Å². The molecule has 2 aliphatic rings. The number of benzene rings is 1. The molecule has 1 aromatic rings. The largest absolute Gasteiger partial charge is 0.454 e. The molecule has 98 valence electrons. The Bertz CT molecular complexity index is 600. The summed E-state index contributed by atoms with van der Waals surface area (Å²) >= 11 is 1.44. The predicted octanol–water partition coefficient (Wildman–Crippen LogP) is 2.58. The van der Waals surface area contributed by atoms with Crippen LogP contribution in [0.25, 0.3) is 0 Å². The Labute approximate surface area is 115 Å². The first-order valence-corrected chi connectivity index (χ1v) is 6.78. The summed E-state index contributed by atoms with van der Waals surface area (Å²) in [7, 11) is 1.32. The molecule has 0 bridgehead atoms. The summed E-state index contributed by atoms with van der Waals surface area (Å²) in [5.41, 5.74) is -0.117. The molecule has 0 N–H and O–H groups in total. The summed E-state index contributed by atoms with van der Waals surface area (Å²) in [4.78, 5) is 13.5. The van der Waals surface area contributed by atoms with E-state index in [4.69, 9.17) is 9.47 Å². The molecule has 0 aliphatic carbocycles. The van der Waals surface area contributed by atoms with Crippen molar-refractivity contribution in [2.75, 3.05) is 17.8 Å². The maximum absolute atomic E-state index is 12.1. The maximum Gasteiger partial charge on any atom is 0.418 e. The number of ether oxygens (including phenoxy) is 2. The van der Waals surface area contributed by atoms with Crippen molar-refractivity contribution in [3.63, 3.8) is 0 Å². The number of nitriles is 1. The second-order valence-electron chi connectivity index (χ2n) is 4.69. The molecule has 0 radical (unpaired) electrons. The first-order valence-electron chi connectivity index (χ1n) is 5.79. The SMILES string of the molecule is COC(=O)N1c2ccccc2OC12SC[C@@]2(C)C#N. The van der Waals surface area contributed by atoms with Crippen LogP contribution in [0.5, 0.6) is 5.75 Å². The Hall–Kier alpha value is -1.87. The number of nitrogens with zero attached hydrogens (tertiary/aromatic N) is 2. The maximum atomic E-state index is 12.1. The minimum absolute atomic E-state index is 0.515. The number of amides is 1. The first-order chi connectivity index (χ1) is 9.08. The third-order valence-corrected chi connectivity index (χ3v) is 5.34. The number of carbonyl (C=O) groups is 1. The van der Waals surface area contributed by atoms with E-state index < -0.39 is 16.6 Å². The number of thioether (sulfide) groups is 1. The standard InChI is InChI=1S/C13H12N2O3S/c1-12(7-14)8-19-13(12)15(11(16)17-2)9-5-3-4-6-10(9)18-13/h3-6H,8H2,1-2H3/t12-,13?/m1/s1. The molecular formula is C13H12N2O3S. The number of anilines is 1. The quantitative estimate of drug-likeness (QED) is 0.728. The average Bonchev–Trinajstić information content (AvgIpc) is 2.82. The number of fused-ring (bicyclic) bond motifs is 1. The Kier molecular flexibility index (Phi) is 2.44. The molecular weight excluding hydrogens is 264 g/mol. The molecule has 1 fully saturated rings. The van der Waals surface area contributed by atoms with Crippen LogP contribution in [0.15, 0.2) is 24.3 Å². The van der Waals surface area contributed by atoms with E-state index in [2.05, 4.69) is 6.07 Å². The van der Waals surface area contributed by atoms with Gasteiger partial charge in [0.05, 0.1) is 18.9 Å². The van der Waals surface area contributed by atoms with Crippen molar-refractivity contribution in [2.24, 2.45) is 5.41 Å². The normalized spacial score (nSPS) is 31.1. The van der Waals surface area contributed by atoms with Gasteiger partial charge in [0.15, 0.2) is 0 Å². The highest BCUT2D eigenvalue weighted by Crippen LogP contribution is 2.63. The monoisotopic (exact) mass is 276 g/mol. The summed E-state index contributed by atoms with van der Waals surface area (Å²) in [5.74, 6) is 1.21. The number of para-hydroxylation sites is 2. The van der Waals surface area contributed by atoms with Crippen molar-refractivity contribution in [1.29, 1.82) is 5.26 Å². The number of hydrogen-bond donors (Lipinski definition) is 0. The Morgan fingerprint density at radius 2 is 2.32 bits per heavy atom. The van der Waals surface area contributed by atoms with E-state index in [0.717, 1.165) is 0 Å². The van der Waals surface area contributed by atoms with Gasteiger partial charge in [0.1, 0.15) is 11.2 Å². The lowest BCUT2D eigenvalue weighted by Gasteiger charge is -2.51. The molecule has 1 spiro atoms. The van der Waals surface area contributed by atoms with E-state index in [-0.39, 0.29) is 0 Å². The van der Waals surface area contributed by atoms with Gasteiger partial charge in [-0.1, -0.05) is 23.9 Å². The van der Waals surface area contributed by atoms with Gasteiger partial charge < -0.3 is 9.47 Å². The third-order valence-electron chi connectivity index (χ3n) is 3.51. The molecule has 1 saturated heterocycles. The van der Waals surface area contributed by atoms with Gasteiger partial charge in [-0.25, -0.2) is 9.69 Å². The van der Waals surface area contributed by atoms with E-state index in [1.54, 1.807) is 19.1 Å². The van der Waals surface area contributed by atoms with E-state index in [0.29, 0.717) is 17.2 Å². The zero-order chi connectivity index (χ0) is 13.7. The Morgan fingerprint density at radius 1 is 1.58 bits per heavy atom. The van der Waals surface area contributed by atoms with Gasteiger partial charge in [-0.15, -0.1) is 0 Å². The number of rotatable bonds is 0. The van der Waals surface area contributed by atoms with Crippen LogP contribution >= 0.6 is 11.8 Å². The smallest absolute Gasteiger partial charge is 0.418 e. The molecule has 1 amide bonds. The van der Waals surface area contributed by atoms with Crippen molar-refractivity contribution in [2.45, 2.75) is 12.0 Å². The van der Waals surface area contributed by atoms with Crippen molar-refractivity contribution < 1.29 is 14.3 Å². The minimum atomic E-state index is -1.02. The van der Waals surface area contributed by atoms with Crippen LogP contribution in [-0.2, 0) is 4.74 Å². The van der Waals surface area contributed by atoms with Crippen LogP contribution < -0.4 is 9.64 Å². The van der Waals surface area contributed by atoms with Gasteiger partial charge in [-0.3, -0.25) is 0 Å². The summed E-state index contributed by atoms with van der Waals surface area (Å²) in [5, 5.41) is 8.38. The van der Waals surface area contributed by atoms with E-state index >= 15 is 0 Å². The average molecular weight is 276 g/mol. The van der Waals surface area contributed by atoms with Crippen LogP contribution in [0.1, 0.15) is 6.92 Å². The highest BCUT2D eigenvalue weighted by molar-refractivity contribution is 8.02. The highest BCUT2D eigenvalue weighted by Gasteiger charge is 2.69. The molecule has 2 aliphatic heterocycles. The van der Waals surface area contributed by atoms with Gasteiger partial charge in [0, 0.05) is 5.75 Å². The third kappa shape index (κ3) is 1.33. The number of carbonyl (C=O) groups excluding carboxylic acids is 1. The van der Waals surface area contributed by atoms with Gasteiger partial charge in [0.25, 0.3) is 5.06 Å². The summed E-state index contributed by atoms with van der Waals surface area (Å²) < 4.78 is 10.8. The van der Waals surface area contributed by atoms with Crippen LogP contribution in [0.4, 0.5) is 10.5 Å². The minimum Gasteiger partial charge on any atom is -0.454 e. The molecule has 2 atom stereocenters. The lowest BCUT2D eigenvalue weighted by Crippen LogP contribution is -2.67. The second-order valence-corrected chi connectivity index (χ2v) is 5.82. The summed E-state index contributed by atoms with van der Waals surface area (Å²) in [6, 6.07) is 9.49. The zero-order valence-corrected chi connectivity index (χ0v) is 11.4. The van der Waals surface area contributed by atoms with Crippen molar-refractivity contribution in [3.05, 3.63) is 24.3 Å². The van der Waals surface area contributed by atoms with E-state index in [1.807, 2.05) is 12.1 Å². The molecule has 0 aromatic heterocycles. The second kappa shape index (κ2) is 3.81. The number of hydrogen-bond acceptors (Lipinski definition) is 5. The molecule has 0 saturated carbocycles. The molecule has 1 aromatic carbocycles. The highest BCUT2D eigenvalue weighted by atomic mass is 32.2. The summed E-state index contributed by atoms with van der Waals surface area (Å²) in [6.07, 6.45) is -0.515. The summed E-state index contributed by atoms with van der Waals surface area (Å²) in [6.45, 7) is 1.80.